The number of esters is 1. The van der Waals surface area contributed by atoms with Crippen LogP contribution in [0.4, 0.5) is 0 Å². The van der Waals surface area contributed by atoms with Crippen LogP contribution in [0, 0.1) is 17.2 Å². The summed E-state index contributed by atoms with van der Waals surface area (Å²) in [7, 11) is 0. The Kier molecular flexibility index (Phi) is 5.14. The van der Waals surface area contributed by atoms with E-state index < -0.39 is 0 Å². The topological polar surface area (TPSA) is 83.5 Å². The summed E-state index contributed by atoms with van der Waals surface area (Å²) in [4.78, 5) is 26.1. The van der Waals surface area contributed by atoms with Crippen LogP contribution in [0.15, 0.2) is 47.1 Å². The number of rotatable bonds is 4. The lowest BCUT2D eigenvalue weighted by Crippen LogP contribution is -2.40. The Balaban J connectivity index is 1.46. The Hall–Kier alpha value is -3.07. The highest BCUT2D eigenvalue weighted by Gasteiger charge is 2.29. The molecule has 2 aromatic rings. The molecule has 0 atom stereocenters. The van der Waals surface area contributed by atoms with Crippen molar-refractivity contribution in [1.82, 2.24) is 4.90 Å². The van der Waals surface area contributed by atoms with Crippen molar-refractivity contribution in [2.24, 2.45) is 5.92 Å². The Morgan fingerprint density at radius 2 is 1.92 bits per heavy atom. The van der Waals surface area contributed by atoms with Crippen LogP contribution in [0.3, 0.4) is 0 Å². The van der Waals surface area contributed by atoms with Gasteiger partial charge in [0.05, 0.1) is 23.8 Å². The maximum Gasteiger partial charge on any atom is 0.309 e. The van der Waals surface area contributed by atoms with Crippen LogP contribution >= 0.6 is 0 Å². The number of nitriles is 1. The lowest BCUT2D eigenvalue weighted by Gasteiger charge is -2.30. The van der Waals surface area contributed by atoms with E-state index in [1.807, 2.05) is 6.07 Å². The Morgan fingerprint density at radius 1 is 1.20 bits per heavy atom. The molecule has 0 radical (unpaired) electrons. The van der Waals surface area contributed by atoms with Crippen LogP contribution in [0.5, 0.6) is 0 Å². The lowest BCUT2D eigenvalue weighted by molar-refractivity contribution is -0.151. The number of hydrogen-bond donors (Lipinski definition) is 0. The SMILES string of the molecule is N#Cc1ccc(COC(=O)C2CCN(C(=O)c3ccco3)CC2)cc1. The molecule has 1 fully saturated rings. The van der Waals surface area contributed by atoms with Crippen molar-refractivity contribution in [1.29, 1.82) is 5.26 Å². The summed E-state index contributed by atoms with van der Waals surface area (Å²) in [6.07, 6.45) is 2.64. The number of ether oxygens (including phenoxy) is 1. The monoisotopic (exact) mass is 338 g/mol. The number of hydrogen-bond acceptors (Lipinski definition) is 5. The fourth-order valence-electron chi connectivity index (χ4n) is 2.82. The van der Waals surface area contributed by atoms with Gasteiger partial charge in [-0.05, 0) is 42.7 Å². The predicted octanol–water partition coefficient (Wildman–Crippen LogP) is 2.75. The minimum Gasteiger partial charge on any atom is -0.461 e. The highest BCUT2D eigenvalue weighted by molar-refractivity contribution is 5.91. The summed E-state index contributed by atoms with van der Waals surface area (Å²) in [6, 6.07) is 12.3. The van der Waals surface area contributed by atoms with Gasteiger partial charge in [-0.2, -0.15) is 5.26 Å². The Bertz CT molecular complexity index is 767. The first-order valence-corrected chi connectivity index (χ1v) is 8.16. The van der Waals surface area contributed by atoms with E-state index in [9.17, 15) is 9.59 Å². The van der Waals surface area contributed by atoms with Gasteiger partial charge in [-0.1, -0.05) is 12.1 Å². The van der Waals surface area contributed by atoms with Crippen LogP contribution in [0.25, 0.3) is 0 Å². The summed E-state index contributed by atoms with van der Waals surface area (Å²) in [5, 5.41) is 8.77. The van der Waals surface area contributed by atoms with Crippen molar-refractivity contribution in [3.05, 3.63) is 59.5 Å². The van der Waals surface area contributed by atoms with Crippen molar-refractivity contribution in [3.8, 4) is 6.07 Å². The van der Waals surface area contributed by atoms with Crippen LogP contribution in [0.1, 0.15) is 34.5 Å². The summed E-state index contributed by atoms with van der Waals surface area (Å²) in [5.41, 5.74) is 1.42. The summed E-state index contributed by atoms with van der Waals surface area (Å²) < 4.78 is 10.5. The van der Waals surface area contributed by atoms with Gasteiger partial charge in [-0.3, -0.25) is 9.59 Å². The zero-order valence-corrected chi connectivity index (χ0v) is 13.7. The molecule has 1 aliphatic rings. The van der Waals surface area contributed by atoms with Crippen LogP contribution < -0.4 is 0 Å². The number of nitrogens with zero attached hydrogens (tertiary/aromatic N) is 2. The first kappa shape index (κ1) is 16.8. The molecule has 3 rings (SSSR count). The Labute approximate surface area is 145 Å². The van der Waals surface area contributed by atoms with Crippen molar-refractivity contribution < 1.29 is 18.7 Å². The number of likely N-dealkylation sites (tertiary alicyclic amines) is 1. The third kappa shape index (κ3) is 4.07. The van der Waals surface area contributed by atoms with E-state index in [-0.39, 0.29) is 24.4 Å². The smallest absolute Gasteiger partial charge is 0.309 e. The molecule has 1 amide bonds. The second kappa shape index (κ2) is 7.67. The number of amides is 1. The third-order valence-electron chi connectivity index (χ3n) is 4.31. The summed E-state index contributed by atoms with van der Waals surface area (Å²) in [6.45, 7) is 1.21. The van der Waals surface area contributed by atoms with Crippen LogP contribution in [-0.4, -0.2) is 29.9 Å². The van der Waals surface area contributed by atoms with E-state index in [1.54, 1.807) is 41.3 Å². The summed E-state index contributed by atoms with van der Waals surface area (Å²) in [5.74, 6) is -0.260. The first-order valence-electron chi connectivity index (χ1n) is 8.16. The average Bonchev–Trinajstić information content (AvgIpc) is 3.21. The van der Waals surface area contributed by atoms with Gasteiger partial charge in [0.25, 0.3) is 5.91 Å². The molecular formula is C19H18N2O4. The molecule has 1 aromatic heterocycles. The zero-order valence-electron chi connectivity index (χ0n) is 13.7. The molecule has 0 spiro atoms. The number of furan rings is 1. The largest absolute Gasteiger partial charge is 0.461 e. The van der Waals surface area contributed by atoms with Crippen LogP contribution in [0.2, 0.25) is 0 Å². The van der Waals surface area contributed by atoms with E-state index in [0.29, 0.717) is 37.3 Å². The van der Waals surface area contributed by atoms with Crippen molar-refractivity contribution in [2.45, 2.75) is 19.4 Å². The van der Waals surface area contributed by atoms with Crippen molar-refractivity contribution >= 4 is 11.9 Å². The minimum atomic E-state index is -0.241. The van der Waals surface area contributed by atoms with E-state index in [0.717, 1.165) is 5.56 Å². The molecule has 0 bridgehead atoms. The van der Waals surface area contributed by atoms with Gasteiger partial charge in [0.15, 0.2) is 5.76 Å². The molecule has 1 aromatic carbocycles. The average molecular weight is 338 g/mol. The standard InChI is InChI=1S/C19H18N2O4/c20-12-14-3-5-15(6-4-14)13-25-19(23)16-7-9-21(10-8-16)18(22)17-2-1-11-24-17/h1-6,11,16H,7-10,13H2. The van der Waals surface area contributed by atoms with Crippen LogP contribution in [-0.2, 0) is 16.1 Å². The van der Waals surface area contributed by atoms with Crippen molar-refractivity contribution in [2.75, 3.05) is 13.1 Å². The number of carbonyl (C=O) groups is 2. The summed E-state index contributed by atoms with van der Waals surface area (Å²) >= 11 is 0. The number of benzene rings is 1. The fourth-order valence-corrected chi connectivity index (χ4v) is 2.82. The Morgan fingerprint density at radius 3 is 2.52 bits per heavy atom. The molecule has 0 unspecified atom stereocenters. The molecular weight excluding hydrogens is 320 g/mol. The molecule has 0 saturated carbocycles. The second-order valence-corrected chi connectivity index (χ2v) is 5.96. The maximum absolute atomic E-state index is 12.2. The molecule has 2 heterocycles. The zero-order chi connectivity index (χ0) is 17.6. The van der Waals surface area contributed by atoms with Gasteiger partial charge in [-0.25, -0.2) is 0 Å². The molecule has 0 N–H and O–H groups in total. The van der Waals surface area contributed by atoms with E-state index in [2.05, 4.69) is 0 Å². The van der Waals surface area contributed by atoms with E-state index >= 15 is 0 Å². The number of carbonyl (C=O) groups excluding carboxylic acids is 2. The molecule has 128 valence electrons. The van der Waals surface area contributed by atoms with E-state index in [1.165, 1.54) is 6.26 Å². The normalized spacial score (nSPS) is 14.8. The predicted molar refractivity (Wildman–Crippen MR) is 88.3 cm³/mol. The molecule has 1 saturated heterocycles. The highest BCUT2D eigenvalue weighted by Crippen LogP contribution is 2.21. The van der Waals surface area contributed by atoms with Gasteiger partial charge < -0.3 is 14.1 Å². The second-order valence-electron chi connectivity index (χ2n) is 5.96. The maximum atomic E-state index is 12.2. The highest BCUT2D eigenvalue weighted by atomic mass is 16.5. The molecule has 0 aliphatic carbocycles. The van der Waals surface area contributed by atoms with Gasteiger partial charge in [0.2, 0.25) is 0 Å². The molecule has 6 heteroatoms. The van der Waals surface area contributed by atoms with Gasteiger partial charge in [0, 0.05) is 13.1 Å². The fraction of sp³-hybridized carbons (Fsp3) is 0.316. The quantitative estimate of drug-likeness (QED) is 0.801. The molecule has 6 nitrogen and oxygen atoms in total. The lowest BCUT2D eigenvalue weighted by atomic mass is 9.97. The van der Waals surface area contributed by atoms with Gasteiger partial charge >= 0.3 is 5.97 Å². The van der Waals surface area contributed by atoms with Crippen molar-refractivity contribution in [3.63, 3.8) is 0 Å². The van der Waals surface area contributed by atoms with E-state index in [4.69, 9.17) is 14.4 Å². The minimum absolute atomic E-state index is 0.144. The van der Waals surface area contributed by atoms with Gasteiger partial charge in [0.1, 0.15) is 6.61 Å². The number of piperidine rings is 1. The van der Waals surface area contributed by atoms with Gasteiger partial charge in [-0.15, -0.1) is 0 Å². The molecule has 1 aliphatic heterocycles. The third-order valence-corrected chi connectivity index (χ3v) is 4.31. The molecule has 25 heavy (non-hydrogen) atoms. The first-order chi connectivity index (χ1) is 12.2.